The summed E-state index contributed by atoms with van der Waals surface area (Å²) in [5.41, 5.74) is -0.232. The summed E-state index contributed by atoms with van der Waals surface area (Å²) in [6.45, 7) is 4.48. The van der Waals surface area contributed by atoms with Crippen molar-refractivity contribution in [3.05, 3.63) is 34.4 Å². The molecular weight excluding hydrogens is 333 g/mol. The average molecular weight is 351 g/mol. The Morgan fingerprint density at radius 1 is 1.18 bits per heavy atom. The minimum absolute atomic E-state index is 0.0391. The Labute approximate surface area is 129 Å². The van der Waals surface area contributed by atoms with Gasteiger partial charge >= 0.3 is 7.60 Å². The van der Waals surface area contributed by atoms with Crippen LogP contribution in [0.4, 0.5) is 5.69 Å². The quantitative estimate of drug-likeness (QED) is 0.402. The van der Waals surface area contributed by atoms with Crippen LogP contribution in [0.3, 0.4) is 0 Å². The van der Waals surface area contributed by atoms with Crippen LogP contribution in [0.1, 0.15) is 20.8 Å². The van der Waals surface area contributed by atoms with Crippen molar-refractivity contribution in [2.75, 3.05) is 13.2 Å². The molecule has 10 heteroatoms. The van der Waals surface area contributed by atoms with Crippen molar-refractivity contribution in [1.29, 1.82) is 0 Å². The van der Waals surface area contributed by atoms with Gasteiger partial charge in [0.25, 0.3) is 5.69 Å². The lowest BCUT2D eigenvalue weighted by Gasteiger charge is -2.23. The van der Waals surface area contributed by atoms with E-state index in [0.29, 0.717) is 0 Å². The standard InChI is InChI=1S/C12H18NO7PS/c1-4-19-21(16,20-5-2)10(3)22(17,18)12-8-6-11(7-9-12)13(14)15/h6-10H,4-5H2,1-3H3. The molecule has 1 rings (SSSR count). The molecule has 22 heavy (non-hydrogen) atoms. The van der Waals surface area contributed by atoms with Gasteiger partial charge in [-0.25, -0.2) is 8.42 Å². The average Bonchev–Trinajstić information content (AvgIpc) is 2.47. The number of nitrogens with zero attached hydrogens (tertiary/aromatic N) is 1. The van der Waals surface area contributed by atoms with Crippen LogP contribution < -0.4 is 0 Å². The van der Waals surface area contributed by atoms with Gasteiger partial charge in [-0.05, 0) is 32.9 Å². The molecule has 0 fully saturated rings. The maximum atomic E-state index is 12.6. The van der Waals surface area contributed by atoms with E-state index in [2.05, 4.69) is 0 Å². The lowest BCUT2D eigenvalue weighted by molar-refractivity contribution is -0.384. The summed E-state index contributed by atoms with van der Waals surface area (Å²) in [6.07, 6.45) is 0. The molecule has 0 spiro atoms. The largest absolute Gasteiger partial charge is 0.348 e. The fourth-order valence-electron chi connectivity index (χ4n) is 1.73. The first kappa shape index (κ1) is 18.8. The van der Waals surface area contributed by atoms with Crippen molar-refractivity contribution in [1.82, 2.24) is 0 Å². The van der Waals surface area contributed by atoms with Gasteiger partial charge in [-0.3, -0.25) is 14.7 Å². The normalized spacial score (nSPS) is 13.8. The topological polar surface area (TPSA) is 113 Å². The van der Waals surface area contributed by atoms with Crippen LogP contribution in [-0.4, -0.2) is 31.5 Å². The van der Waals surface area contributed by atoms with E-state index in [9.17, 15) is 23.1 Å². The van der Waals surface area contributed by atoms with E-state index >= 15 is 0 Å². The summed E-state index contributed by atoms with van der Waals surface area (Å²) in [7, 11) is -7.87. The van der Waals surface area contributed by atoms with Crippen LogP contribution in [0.2, 0.25) is 0 Å². The van der Waals surface area contributed by atoms with Crippen molar-refractivity contribution < 1.29 is 27.0 Å². The number of nitro groups is 1. The van der Waals surface area contributed by atoms with E-state index in [0.717, 1.165) is 24.3 Å². The highest BCUT2D eigenvalue weighted by Gasteiger charge is 2.42. The van der Waals surface area contributed by atoms with Crippen LogP contribution in [0, 0.1) is 10.1 Å². The fourth-order valence-corrected chi connectivity index (χ4v) is 5.94. The van der Waals surface area contributed by atoms with Crippen molar-refractivity contribution in [3.8, 4) is 0 Å². The van der Waals surface area contributed by atoms with Crippen molar-refractivity contribution in [2.24, 2.45) is 0 Å². The molecule has 1 aromatic rings. The van der Waals surface area contributed by atoms with Crippen molar-refractivity contribution in [3.63, 3.8) is 0 Å². The second kappa shape index (κ2) is 7.32. The summed E-state index contributed by atoms with van der Waals surface area (Å²) in [5.74, 6) is 0. The van der Waals surface area contributed by atoms with Crippen molar-refractivity contribution >= 4 is 23.1 Å². The third-order valence-electron chi connectivity index (χ3n) is 2.89. The van der Waals surface area contributed by atoms with E-state index in [1.807, 2.05) is 0 Å². The summed E-state index contributed by atoms with van der Waals surface area (Å²) in [5, 5.41) is 10.6. The van der Waals surface area contributed by atoms with Gasteiger partial charge < -0.3 is 9.05 Å². The van der Waals surface area contributed by atoms with Gasteiger partial charge in [0.2, 0.25) is 0 Å². The monoisotopic (exact) mass is 351 g/mol. The highest BCUT2D eigenvalue weighted by Crippen LogP contribution is 2.55. The molecule has 0 radical (unpaired) electrons. The van der Waals surface area contributed by atoms with Gasteiger partial charge in [-0.1, -0.05) is 0 Å². The Kier molecular flexibility index (Phi) is 6.25. The molecule has 1 unspecified atom stereocenters. The number of nitro benzene ring substituents is 1. The van der Waals surface area contributed by atoms with Gasteiger partial charge in [0, 0.05) is 12.1 Å². The lowest BCUT2D eigenvalue weighted by atomic mass is 10.3. The Morgan fingerprint density at radius 3 is 2.00 bits per heavy atom. The number of hydrogen-bond donors (Lipinski definition) is 0. The second-order valence-corrected chi connectivity index (χ2v) is 9.26. The molecule has 0 bridgehead atoms. The van der Waals surface area contributed by atoms with Crippen molar-refractivity contribution in [2.45, 2.75) is 30.7 Å². The fraction of sp³-hybridized carbons (Fsp3) is 0.500. The molecule has 0 N–H and O–H groups in total. The number of hydrogen-bond acceptors (Lipinski definition) is 7. The highest BCUT2D eigenvalue weighted by molar-refractivity contribution is 7.98. The Balaban J connectivity index is 3.21. The van der Waals surface area contributed by atoms with E-state index in [4.69, 9.17) is 9.05 Å². The molecule has 124 valence electrons. The Hall–Kier alpha value is -1.28. The van der Waals surface area contributed by atoms with Crippen LogP contribution in [0.25, 0.3) is 0 Å². The summed E-state index contributed by atoms with van der Waals surface area (Å²) in [4.78, 5) is 8.37. The molecular formula is C12H18NO7PS. The zero-order valence-electron chi connectivity index (χ0n) is 12.5. The van der Waals surface area contributed by atoms with Gasteiger partial charge in [0.15, 0.2) is 14.8 Å². The smallest absolute Gasteiger partial charge is 0.308 e. The van der Waals surface area contributed by atoms with Crippen LogP contribution in [0.5, 0.6) is 0 Å². The molecule has 0 aliphatic heterocycles. The molecule has 0 aliphatic rings. The first-order chi connectivity index (χ1) is 10.2. The van der Waals surface area contributed by atoms with Gasteiger partial charge in [0.05, 0.1) is 23.0 Å². The highest BCUT2D eigenvalue weighted by atomic mass is 32.2. The SMILES string of the molecule is CCOP(=O)(OCC)C(C)S(=O)(=O)c1ccc([N+](=O)[O-])cc1. The van der Waals surface area contributed by atoms with Gasteiger partial charge in [0.1, 0.15) is 0 Å². The maximum absolute atomic E-state index is 12.6. The van der Waals surface area contributed by atoms with Gasteiger partial charge in [-0.2, -0.15) is 0 Å². The number of non-ortho nitro benzene ring substituents is 1. The molecule has 0 amide bonds. The van der Waals surface area contributed by atoms with Gasteiger partial charge in [-0.15, -0.1) is 0 Å². The maximum Gasteiger partial charge on any atom is 0.348 e. The predicted octanol–water partition coefficient (Wildman–Crippen LogP) is 2.98. The third-order valence-corrected chi connectivity index (χ3v) is 8.45. The third kappa shape index (κ3) is 3.92. The van der Waals surface area contributed by atoms with E-state index in [-0.39, 0.29) is 23.8 Å². The molecule has 0 aliphatic carbocycles. The van der Waals surface area contributed by atoms with Crippen LogP contribution in [0.15, 0.2) is 29.2 Å². The van der Waals surface area contributed by atoms with Crippen LogP contribution >= 0.6 is 7.60 Å². The minimum Gasteiger partial charge on any atom is -0.308 e. The summed E-state index contributed by atoms with van der Waals surface area (Å²) in [6, 6.07) is 4.36. The molecule has 0 saturated heterocycles. The number of benzene rings is 1. The zero-order valence-corrected chi connectivity index (χ0v) is 14.2. The van der Waals surface area contributed by atoms with Crippen LogP contribution in [-0.2, 0) is 23.4 Å². The summed E-state index contributed by atoms with van der Waals surface area (Å²) < 4.78 is 47.7. The molecule has 1 atom stereocenters. The van der Waals surface area contributed by atoms with E-state index in [1.165, 1.54) is 6.92 Å². The minimum atomic E-state index is -4.02. The summed E-state index contributed by atoms with van der Waals surface area (Å²) >= 11 is 0. The number of sulfone groups is 1. The predicted molar refractivity (Wildman–Crippen MR) is 80.6 cm³/mol. The Morgan fingerprint density at radius 2 is 1.64 bits per heavy atom. The Bertz CT molecular complexity index is 661. The first-order valence-corrected chi connectivity index (χ1v) is 9.72. The lowest BCUT2D eigenvalue weighted by Crippen LogP contribution is -2.21. The number of rotatable bonds is 8. The first-order valence-electron chi connectivity index (χ1n) is 6.56. The molecule has 0 saturated carbocycles. The molecule has 8 nitrogen and oxygen atoms in total. The molecule has 0 heterocycles. The van der Waals surface area contributed by atoms with E-state index in [1.54, 1.807) is 13.8 Å². The second-order valence-electron chi connectivity index (χ2n) is 4.27. The molecule has 0 aromatic heterocycles. The molecule has 1 aromatic carbocycles. The van der Waals surface area contributed by atoms with E-state index < -0.39 is 27.3 Å². The zero-order chi connectivity index (χ0) is 17.0.